The molecule has 1 unspecified atom stereocenters. The summed E-state index contributed by atoms with van der Waals surface area (Å²) in [5.74, 6) is 3.37. The van der Waals surface area contributed by atoms with Gasteiger partial charge in [-0.2, -0.15) is 0 Å². The summed E-state index contributed by atoms with van der Waals surface area (Å²) in [6, 6.07) is 4.78. The minimum Gasteiger partial charge on any atom is -0.485 e. The van der Waals surface area contributed by atoms with Gasteiger partial charge in [-0.05, 0) is 91.9 Å². The van der Waals surface area contributed by atoms with Gasteiger partial charge in [0.05, 0.1) is 6.10 Å². The highest BCUT2D eigenvalue weighted by Crippen LogP contribution is 2.61. The lowest BCUT2D eigenvalue weighted by Gasteiger charge is -2.50. The van der Waals surface area contributed by atoms with Crippen molar-refractivity contribution in [1.82, 2.24) is 0 Å². The van der Waals surface area contributed by atoms with Crippen molar-refractivity contribution in [3.05, 3.63) is 28.8 Å². The van der Waals surface area contributed by atoms with Crippen molar-refractivity contribution in [3.63, 3.8) is 0 Å². The quantitative estimate of drug-likeness (QED) is 0.771. The van der Waals surface area contributed by atoms with Crippen LogP contribution in [-0.4, -0.2) is 11.2 Å². The van der Waals surface area contributed by atoms with E-state index in [0.717, 1.165) is 29.9 Å². The summed E-state index contributed by atoms with van der Waals surface area (Å²) in [6.45, 7) is 4.51. The van der Waals surface area contributed by atoms with Crippen LogP contribution in [0.5, 0.6) is 5.75 Å². The molecule has 2 heteroatoms. The minimum atomic E-state index is -0.0647. The summed E-state index contributed by atoms with van der Waals surface area (Å²) in [5.41, 5.74) is 4.76. The Hall–Kier alpha value is -1.02. The van der Waals surface area contributed by atoms with Gasteiger partial charge in [0.2, 0.25) is 0 Å². The van der Waals surface area contributed by atoms with Crippen LogP contribution in [0.4, 0.5) is 0 Å². The average Bonchev–Trinajstić information content (AvgIpc) is 2.81. The summed E-state index contributed by atoms with van der Waals surface area (Å²) >= 11 is 0. The fraction of sp³-hybridized carbons (Fsp3) is 0.700. The minimum absolute atomic E-state index is 0.0647. The SMILES string of the molecule is CC1Oc2cc3c(cc21)[C@H]1CC[C@]2(C)[C@@H](O)CC[C@H]2[C@@H]1CC3. The number of fused-ring (bicyclic) bond motifs is 6. The van der Waals surface area contributed by atoms with Crippen molar-refractivity contribution >= 4 is 0 Å². The third kappa shape index (κ3) is 1.55. The van der Waals surface area contributed by atoms with E-state index >= 15 is 0 Å². The molecular formula is C20H26O2. The summed E-state index contributed by atoms with van der Waals surface area (Å²) < 4.78 is 5.75. The van der Waals surface area contributed by atoms with Crippen LogP contribution < -0.4 is 4.74 Å². The Morgan fingerprint density at radius 3 is 2.82 bits per heavy atom. The molecule has 3 aliphatic carbocycles. The van der Waals surface area contributed by atoms with Gasteiger partial charge in [-0.15, -0.1) is 0 Å². The van der Waals surface area contributed by atoms with Gasteiger partial charge < -0.3 is 9.84 Å². The van der Waals surface area contributed by atoms with E-state index in [2.05, 4.69) is 26.0 Å². The second kappa shape index (κ2) is 4.29. The fourth-order valence-corrected chi connectivity index (χ4v) is 6.20. The molecule has 1 N–H and O–H groups in total. The van der Waals surface area contributed by atoms with E-state index in [1.807, 2.05) is 0 Å². The molecule has 0 aromatic heterocycles. The van der Waals surface area contributed by atoms with E-state index in [-0.39, 0.29) is 17.6 Å². The topological polar surface area (TPSA) is 29.5 Å². The number of aliphatic hydroxyl groups is 1. The number of hydrogen-bond acceptors (Lipinski definition) is 2. The predicted octanol–water partition coefficient (Wildman–Crippen LogP) is 4.36. The fourth-order valence-electron chi connectivity index (χ4n) is 6.20. The Bertz CT molecular complexity index is 637. The average molecular weight is 298 g/mol. The van der Waals surface area contributed by atoms with Gasteiger partial charge in [-0.1, -0.05) is 6.92 Å². The molecule has 1 aliphatic heterocycles. The summed E-state index contributed by atoms with van der Waals surface area (Å²) in [6.07, 6.45) is 7.43. The Balaban J connectivity index is 1.54. The van der Waals surface area contributed by atoms with E-state index in [1.54, 1.807) is 5.56 Å². The molecule has 118 valence electrons. The van der Waals surface area contributed by atoms with Crippen LogP contribution in [-0.2, 0) is 6.42 Å². The molecule has 0 bridgehead atoms. The van der Waals surface area contributed by atoms with Crippen LogP contribution >= 0.6 is 0 Å². The Kier molecular flexibility index (Phi) is 2.61. The Morgan fingerprint density at radius 1 is 1.14 bits per heavy atom. The maximum atomic E-state index is 10.5. The normalized spacial score (nSPS) is 45.0. The third-order valence-corrected chi connectivity index (χ3v) is 7.55. The van der Waals surface area contributed by atoms with Crippen molar-refractivity contribution in [3.8, 4) is 5.75 Å². The van der Waals surface area contributed by atoms with Gasteiger partial charge in [-0.25, -0.2) is 0 Å². The lowest BCUT2D eigenvalue weighted by molar-refractivity contribution is -0.0227. The molecule has 2 nitrogen and oxygen atoms in total. The van der Waals surface area contributed by atoms with Crippen LogP contribution in [0.3, 0.4) is 0 Å². The molecule has 1 aromatic carbocycles. The van der Waals surface area contributed by atoms with Crippen molar-refractivity contribution in [2.45, 2.75) is 70.5 Å². The Morgan fingerprint density at radius 2 is 2.00 bits per heavy atom. The molecule has 1 heterocycles. The van der Waals surface area contributed by atoms with Crippen molar-refractivity contribution < 1.29 is 9.84 Å². The second-order valence-corrected chi connectivity index (χ2v) is 8.40. The Labute approximate surface area is 132 Å². The summed E-state index contributed by atoms with van der Waals surface area (Å²) in [4.78, 5) is 0. The number of rotatable bonds is 0. The first kappa shape index (κ1) is 13.4. The molecule has 2 saturated carbocycles. The largest absolute Gasteiger partial charge is 0.485 e. The first-order valence-corrected chi connectivity index (χ1v) is 9.09. The molecule has 22 heavy (non-hydrogen) atoms. The standard InChI is InChI=1S/C20H26O2/c1-11-15-10-16-12(9-18(15)22-11)3-4-14-13(16)7-8-20(2)17(14)5-6-19(20)21/h9-11,13-14,17,19,21H,3-8H2,1-2H3/t11?,13-,14+,17-,19-,20-/m0/s1. The molecule has 0 spiro atoms. The summed E-state index contributed by atoms with van der Waals surface area (Å²) in [7, 11) is 0. The summed E-state index contributed by atoms with van der Waals surface area (Å²) in [5, 5.41) is 10.5. The van der Waals surface area contributed by atoms with Crippen LogP contribution in [0.1, 0.15) is 74.7 Å². The van der Waals surface area contributed by atoms with Crippen molar-refractivity contribution in [1.29, 1.82) is 0 Å². The molecule has 2 fully saturated rings. The monoisotopic (exact) mass is 298 g/mol. The predicted molar refractivity (Wildman–Crippen MR) is 86.1 cm³/mol. The zero-order valence-corrected chi connectivity index (χ0v) is 13.6. The van der Waals surface area contributed by atoms with Gasteiger partial charge >= 0.3 is 0 Å². The molecule has 1 aromatic rings. The van der Waals surface area contributed by atoms with E-state index in [0.29, 0.717) is 0 Å². The zero-order chi connectivity index (χ0) is 15.1. The maximum Gasteiger partial charge on any atom is 0.127 e. The number of benzene rings is 1. The molecule has 0 amide bonds. The number of ether oxygens (including phenoxy) is 1. The van der Waals surface area contributed by atoms with Crippen LogP contribution in [0.25, 0.3) is 0 Å². The molecule has 5 rings (SSSR count). The van der Waals surface area contributed by atoms with Gasteiger partial charge in [0.15, 0.2) is 0 Å². The third-order valence-electron chi connectivity index (χ3n) is 7.55. The van der Waals surface area contributed by atoms with Crippen molar-refractivity contribution in [2.24, 2.45) is 17.3 Å². The zero-order valence-electron chi connectivity index (χ0n) is 13.6. The molecule has 6 atom stereocenters. The number of aliphatic hydroxyl groups excluding tert-OH is 1. The van der Waals surface area contributed by atoms with E-state index in [9.17, 15) is 5.11 Å². The maximum absolute atomic E-state index is 10.5. The van der Waals surface area contributed by atoms with E-state index in [1.165, 1.54) is 43.2 Å². The van der Waals surface area contributed by atoms with E-state index in [4.69, 9.17) is 4.74 Å². The van der Waals surface area contributed by atoms with Crippen LogP contribution in [0.2, 0.25) is 0 Å². The van der Waals surface area contributed by atoms with E-state index < -0.39 is 0 Å². The van der Waals surface area contributed by atoms with Gasteiger partial charge in [0, 0.05) is 5.56 Å². The van der Waals surface area contributed by atoms with Gasteiger partial charge in [0.1, 0.15) is 11.9 Å². The van der Waals surface area contributed by atoms with Crippen molar-refractivity contribution in [2.75, 3.05) is 0 Å². The molecular weight excluding hydrogens is 272 g/mol. The smallest absolute Gasteiger partial charge is 0.127 e. The second-order valence-electron chi connectivity index (χ2n) is 8.40. The lowest BCUT2D eigenvalue weighted by atomic mass is 9.55. The first-order chi connectivity index (χ1) is 10.6. The lowest BCUT2D eigenvalue weighted by Crippen LogP contribution is -2.44. The van der Waals surface area contributed by atoms with Gasteiger partial charge in [0.25, 0.3) is 0 Å². The first-order valence-electron chi connectivity index (χ1n) is 9.09. The number of aryl methyl sites for hydroxylation is 1. The highest BCUT2D eigenvalue weighted by Gasteiger charge is 2.54. The molecule has 0 saturated heterocycles. The number of hydrogen-bond donors (Lipinski definition) is 1. The van der Waals surface area contributed by atoms with Crippen LogP contribution in [0.15, 0.2) is 12.1 Å². The van der Waals surface area contributed by atoms with Gasteiger partial charge in [-0.3, -0.25) is 0 Å². The molecule has 4 aliphatic rings. The highest BCUT2D eigenvalue weighted by atomic mass is 16.5. The van der Waals surface area contributed by atoms with Crippen LogP contribution in [0, 0.1) is 17.3 Å². The molecule has 0 radical (unpaired) electrons. The highest BCUT2D eigenvalue weighted by molar-refractivity contribution is 5.50.